The van der Waals surface area contributed by atoms with Gasteiger partial charge in [-0.1, -0.05) is 24.4 Å². The Morgan fingerprint density at radius 3 is 2.78 bits per heavy atom. The SMILES string of the molecule is C#CCOc1c(Cl)cc(/C=C(/Sc2nnc(CC)o2)C(=O)[O-])cc1OCC. The van der Waals surface area contributed by atoms with Gasteiger partial charge in [0.2, 0.25) is 5.89 Å². The minimum Gasteiger partial charge on any atom is -0.544 e. The van der Waals surface area contributed by atoms with Crippen LogP contribution in [-0.2, 0) is 11.2 Å². The second-order valence-corrected chi connectivity index (χ2v) is 6.37. The average Bonchev–Trinajstić information content (AvgIpc) is 3.08. The van der Waals surface area contributed by atoms with Crippen molar-refractivity contribution in [1.29, 1.82) is 0 Å². The number of hydrogen-bond donors (Lipinski definition) is 0. The molecule has 0 aliphatic rings. The Morgan fingerprint density at radius 1 is 1.41 bits per heavy atom. The Bertz CT molecular complexity index is 888. The number of carboxylic acid groups (broad SMARTS) is 1. The number of nitrogens with zero attached hydrogens (tertiary/aromatic N) is 2. The minimum absolute atomic E-state index is 0.0199. The number of hydrogen-bond acceptors (Lipinski definition) is 8. The highest BCUT2D eigenvalue weighted by Gasteiger charge is 2.14. The summed E-state index contributed by atoms with van der Waals surface area (Å²) in [5.41, 5.74) is 0.471. The molecule has 0 saturated heterocycles. The summed E-state index contributed by atoms with van der Waals surface area (Å²) in [7, 11) is 0. The number of ether oxygens (including phenoxy) is 2. The maximum atomic E-state index is 11.5. The van der Waals surface area contributed by atoms with Crippen molar-refractivity contribution in [3.8, 4) is 23.8 Å². The van der Waals surface area contributed by atoms with Crippen molar-refractivity contribution in [2.24, 2.45) is 0 Å². The number of carbonyl (C=O) groups excluding carboxylic acids is 1. The van der Waals surface area contributed by atoms with Crippen molar-refractivity contribution in [2.45, 2.75) is 25.5 Å². The second-order valence-electron chi connectivity index (χ2n) is 4.97. The quantitative estimate of drug-likeness (QED) is 0.355. The van der Waals surface area contributed by atoms with Crippen molar-refractivity contribution in [1.82, 2.24) is 10.2 Å². The van der Waals surface area contributed by atoms with Crippen molar-refractivity contribution in [3.63, 3.8) is 0 Å². The van der Waals surface area contributed by atoms with Gasteiger partial charge in [-0.2, -0.15) is 0 Å². The standard InChI is InChI=1S/C18H17ClN2O5S/c1-4-7-25-16-12(19)8-11(9-13(16)24-6-3)10-14(17(22)23)27-18-21-20-15(5-2)26-18/h1,8-10H,5-7H2,2-3H3,(H,22,23)/p-1/b14-10+. The van der Waals surface area contributed by atoms with Gasteiger partial charge in [0, 0.05) is 11.3 Å². The summed E-state index contributed by atoms with van der Waals surface area (Å²) in [6.45, 7) is 4.02. The van der Waals surface area contributed by atoms with E-state index in [1.807, 2.05) is 6.92 Å². The molecule has 0 unspecified atom stereocenters. The number of aromatic nitrogens is 2. The van der Waals surface area contributed by atoms with E-state index in [1.165, 1.54) is 12.1 Å². The van der Waals surface area contributed by atoms with Gasteiger partial charge in [0.05, 0.1) is 17.6 Å². The van der Waals surface area contributed by atoms with Crippen LogP contribution in [0.25, 0.3) is 6.08 Å². The van der Waals surface area contributed by atoms with E-state index < -0.39 is 5.97 Å². The van der Waals surface area contributed by atoms with Gasteiger partial charge in [-0.15, -0.1) is 16.6 Å². The molecule has 0 aliphatic carbocycles. The maximum absolute atomic E-state index is 11.5. The van der Waals surface area contributed by atoms with E-state index >= 15 is 0 Å². The molecule has 9 heteroatoms. The van der Waals surface area contributed by atoms with Crippen LogP contribution in [0.1, 0.15) is 25.3 Å². The van der Waals surface area contributed by atoms with Gasteiger partial charge >= 0.3 is 0 Å². The molecular formula is C18H16ClN2O5S-. The average molecular weight is 408 g/mol. The number of carboxylic acids is 1. The zero-order valence-electron chi connectivity index (χ0n) is 14.7. The van der Waals surface area contributed by atoms with Gasteiger partial charge in [-0.25, -0.2) is 0 Å². The normalized spacial score (nSPS) is 11.1. The third kappa shape index (κ3) is 5.67. The molecule has 0 amide bonds. The lowest BCUT2D eigenvalue weighted by Gasteiger charge is -2.13. The van der Waals surface area contributed by atoms with Crippen LogP contribution in [0.4, 0.5) is 0 Å². The smallest absolute Gasteiger partial charge is 0.281 e. The minimum atomic E-state index is -1.39. The summed E-state index contributed by atoms with van der Waals surface area (Å²) < 4.78 is 16.2. The summed E-state index contributed by atoms with van der Waals surface area (Å²) in [6.07, 6.45) is 7.12. The molecule has 0 fully saturated rings. The number of carbonyl (C=O) groups is 1. The topological polar surface area (TPSA) is 97.5 Å². The van der Waals surface area contributed by atoms with Crippen LogP contribution in [0.5, 0.6) is 11.5 Å². The molecule has 0 saturated carbocycles. The molecule has 1 heterocycles. The first-order valence-electron chi connectivity index (χ1n) is 7.94. The van der Waals surface area contributed by atoms with Gasteiger partial charge in [0.15, 0.2) is 11.5 Å². The number of terminal acetylenes is 1. The van der Waals surface area contributed by atoms with Crippen molar-refractivity contribution >= 4 is 35.4 Å². The third-order valence-electron chi connectivity index (χ3n) is 3.08. The van der Waals surface area contributed by atoms with Crippen LogP contribution >= 0.6 is 23.4 Å². The molecule has 0 bridgehead atoms. The summed E-state index contributed by atoms with van der Waals surface area (Å²) in [5.74, 6) is 2.01. The monoisotopic (exact) mass is 407 g/mol. The van der Waals surface area contributed by atoms with E-state index in [2.05, 4.69) is 16.1 Å². The fraction of sp³-hybridized carbons (Fsp3) is 0.278. The molecule has 27 heavy (non-hydrogen) atoms. The largest absolute Gasteiger partial charge is 0.544 e. The molecule has 1 aromatic carbocycles. The van der Waals surface area contributed by atoms with Crippen LogP contribution in [0.3, 0.4) is 0 Å². The van der Waals surface area contributed by atoms with Crippen molar-refractivity contribution in [3.05, 3.63) is 33.5 Å². The van der Waals surface area contributed by atoms with E-state index in [1.54, 1.807) is 13.0 Å². The van der Waals surface area contributed by atoms with Crippen LogP contribution in [0.2, 0.25) is 5.02 Å². The van der Waals surface area contributed by atoms with E-state index in [4.69, 9.17) is 31.9 Å². The third-order valence-corrected chi connectivity index (χ3v) is 4.20. The van der Waals surface area contributed by atoms with Gasteiger partial charge < -0.3 is 23.8 Å². The predicted molar refractivity (Wildman–Crippen MR) is 99.5 cm³/mol. The lowest BCUT2D eigenvalue weighted by atomic mass is 10.2. The summed E-state index contributed by atoms with van der Waals surface area (Å²) in [6, 6.07) is 3.13. The molecule has 2 aromatic rings. The summed E-state index contributed by atoms with van der Waals surface area (Å²) >= 11 is 7.03. The van der Waals surface area contributed by atoms with Crippen LogP contribution in [0, 0.1) is 12.3 Å². The Balaban J connectivity index is 2.37. The fourth-order valence-corrected chi connectivity index (χ4v) is 2.95. The summed E-state index contributed by atoms with van der Waals surface area (Å²) in [5, 5.41) is 19.4. The molecule has 7 nitrogen and oxygen atoms in total. The zero-order valence-corrected chi connectivity index (χ0v) is 16.2. The van der Waals surface area contributed by atoms with Crippen LogP contribution in [-0.4, -0.2) is 29.4 Å². The zero-order chi connectivity index (χ0) is 19.8. The predicted octanol–water partition coefficient (Wildman–Crippen LogP) is 2.58. The Hall–Kier alpha value is -2.63. The Labute approximate surface area is 165 Å². The lowest BCUT2D eigenvalue weighted by Crippen LogP contribution is -2.23. The number of aliphatic carboxylic acids is 1. The van der Waals surface area contributed by atoms with Crippen molar-refractivity contribution in [2.75, 3.05) is 13.2 Å². The van der Waals surface area contributed by atoms with Gasteiger partial charge in [-0.05, 0) is 42.5 Å². The molecule has 0 atom stereocenters. The Kier molecular flexibility index (Phi) is 7.58. The second kappa shape index (κ2) is 9.90. The van der Waals surface area contributed by atoms with Crippen molar-refractivity contribution < 1.29 is 23.8 Å². The van der Waals surface area contributed by atoms with E-state index in [9.17, 15) is 9.90 Å². The number of thioether (sulfide) groups is 1. The fourth-order valence-electron chi connectivity index (χ4n) is 1.99. The molecule has 0 radical (unpaired) electrons. The van der Waals surface area contributed by atoms with Gasteiger partial charge in [-0.3, -0.25) is 0 Å². The molecule has 142 valence electrons. The highest BCUT2D eigenvalue weighted by molar-refractivity contribution is 8.03. The van der Waals surface area contributed by atoms with E-state index in [0.717, 1.165) is 11.8 Å². The first-order valence-corrected chi connectivity index (χ1v) is 9.13. The molecular weight excluding hydrogens is 392 g/mol. The molecule has 2 rings (SSSR count). The lowest BCUT2D eigenvalue weighted by molar-refractivity contribution is -0.298. The number of rotatable bonds is 9. The highest BCUT2D eigenvalue weighted by Crippen LogP contribution is 2.38. The first-order chi connectivity index (χ1) is 13.0. The maximum Gasteiger partial charge on any atom is 0.281 e. The summed E-state index contributed by atoms with van der Waals surface area (Å²) in [4.78, 5) is 11.4. The van der Waals surface area contributed by atoms with Crippen LogP contribution < -0.4 is 14.6 Å². The Morgan fingerprint density at radius 2 is 2.19 bits per heavy atom. The number of halogens is 1. The highest BCUT2D eigenvalue weighted by atomic mass is 35.5. The van der Waals surface area contributed by atoms with Gasteiger partial charge in [0.1, 0.15) is 6.61 Å². The number of benzene rings is 1. The molecule has 0 N–H and O–H groups in total. The first kappa shape index (κ1) is 20.7. The van der Waals surface area contributed by atoms with E-state index in [-0.39, 0.29) is 21.8 Å². The van der Waals surface area contributed by atoms with E-state index in [0.29, 0.717) is 36.0 Å². The number of aryl methyl sites for hydroxylation is 1. The van der Waals surface area contributed by atoms with Gasteiger partial charge in [0.25, 0.3) is 5.22 Å². The molecule has 0 aliphatic heterocycles. The molecule has 1 aromatic heterocycles. The molecule has 0 spiro atoms. The van der Waals surface area contributed by atoms with Crippen LogP contribution in [0.15, 0.2) is 26.7 Å².